The zero-order valence-corrected chi connectivity index (χ0v) is 13.5. The monoisotopic (exact) mass is 311 g/mol. The summed E-state index contributed by atoms with van der Waals surface area (Å²) in [7, 11) is 0. The first-order valence-electron chi connectivity index (χ1n) is 6.64. The summed E-state index contributed by atoms with van der Waals surface area (Å²) in [5, 5.41) is 5.70. The van der Waals surface area contributed by atoms with Gasteiger partial charge in [-0.05, 0) is 56.5 Å². The summed E-state index contributed by atoms with van der Waals surface area (Å²) in [6.45, 7) is 6.92. The van der Waals surface area contributed by atoms with Crippen molar-refractivity contribution in [2.75, 3.05) is 6.54 Å². The van der Waals surface area contributed by atoms with Crippen molar-refractivity contribution in [3.05, 3.63) is 45.2 Å². The zero-order valence-electron chi connectivity index (χ0n) is 12.0. The predicted octanol–water partition coefficient (Wildman–Crippen LogP) is 3.93. The van der Waals surface area contributed by atoms with Crippen molar-refractivity contribution in [1.82, 2.24) is 9.78 Å². The topological polar surface area (TPSA) is 43.8 Å². The summed E-state index contributed by atoms with van der Waals surface area (Å²) in [4.78, 5) is 0. The number of halogens is 2. The highest BCUT2D eigenvalue weighted by Crippen LogP contribution is 2.26. The van der Waals surface area contributed by atoms with E-state index in [1.807, 2.05) is 23.7 Å². The van der Waals surface area contributed by atoms with Crippen LogP contribution in [0.5, 0.6) is 0 Å². The van der Waals surface area contributed by atoms with E-state index in [-0.39, 0.29) is 0 Å². The maximum atomic E-state index is 6.08. The first kappa shape index (κ1) is 15.4. The third-order valence-electron chi connectivity index (χ3n) is 3.54. The summed E-state index contributed by atoms with van der Waals surface area (Å²) in [5.41, 5.74) is 10.1. The average molecular weight is 312 g/mol. The molecule has 2 N–H and O–H groups in total. The molecular weight excluding hydrogens is 293 g/mol. The van der Waals surface area contributed by atoms with Gasteiger partial charge in [0.25, 0.3) is 0 Å². The first-order chi connectivity index (χ1) is 9.43. The van der Waals surface area contributed by atoms with E-state index in [2.05, 4.69) is 18.9 Å². The number of hydrogen-bond donors (Lipinski definition) is 1. The van der Waals surface area contributed by atoms with E-state index in [9.17, 15) is 0 Å². The molecule has 1 aromatic heterocycles. The molecule has 108 valence electrons. The van der Waals surface area contributed by atoms with Gasteiger partial charge in [-0.2, -0.15) is 5.10 Å². The van der Waals surface area contributed by atoms with E-state index >= 15 is 0 Å². The Balaban J connectivity index is 2.43. The summed E-state index contributed by atoms with van der Waals surface area (Å²) < 4.78 is 1.91. The molecule has 1 unspecified atom stereocenters. The van der Waals surface area contributed by atoms with E-state index in [1.54, 1.807) is 6.07 Å². The van der Waals surface area contributed by atoms with Crippen molar-refractivity contribution in [2.45, 2.75) is 27.2 Å². The van der Waals surface area contributed by atoms with Crippen molar-refractivity contribution in [3.8, 4) is 5.69 Å². The van der Waals surface area contributed by atoms with Crippen molar-refractivity contribution in [1.29, 1.82) is 0 Å². The summed E-state index contributed by atoms with van der Waals surface area (Å²) in [6.07, 6.45) is 0.940. The maximum absolute atomic E-state index is 6.08. The van der Waals surface area contributed by atoms with Crippen molar-refractivity contribution < 1.29 is 0 Å². The number of hydrogen-bond acceptors (Lipinski definition) is 2. The van der Waals surface area contributed by atoms with Crippen LogP contribution in [-0.4, -0.2) is 16.3 Å². The summed E-state index contributed by atoms with van der Waals surface area (Å²) in [5.74, 6) is 0.443. The van der Waals surface area contributed by atoms with Gasteiger partial charge in [0.1, 0.15) is 0 Å². The molecule has 0 aliphatic rings. The number of aryl methyl sites for hydroxylation is 1. The van der Waals surface area contributed by atoms with Gasteiger partial charge in [0.05, 0.1) is 21.4 Å². The van der Waals surface area contributed by atoms with Gasteiger partial charge in [0.2, 0.25) is 0 Å². The maximum Gasteiger partial charge on any atom is 0.0664 e. The van der Waals surface area contributed by atoms with Crippen LogP contribution in [0.2, 0.25) is 10.0 Å². The standard InChI is InChI=1S/C15H19Cl2N3/c1-9(8-18)6-13-10(2)19-20(11(13)3)12-4-5-14(16)15(17)7-12/h4-5,7,9H,6,8,18H2,1-3H3. The number of nitrogens with zero attached hydrogens (tertiary/aromatic N) is 2. The minimum absolute atomic E-state index is 0.443. The Morgan fingerprint density at radius 2 is 1.95 bits per heavy atom. The lowest BCUT2D eigenvalue weighted by Gasteiger charge is -2.09. The lowest BCUT2D eigenvalue weighted by atomic mass is 10.00. The van der Waals surface area contributed by atoms with Gasteiger partial charge in [-0.1, -0.05) is 30.1 Å². The molecular formula is C15H19Cl2N3. The van der Waals surface area contributed by atoms with Crippen molar-refractivity contribution in [2.24, 2.45) is 11.7 Å². The predicted molar refractivity (Wildman–Crippen MR) is 85.0 cm³/mol. The normalized spacial score (nSPS) is 12.7. The van der Waals surface area contributed by atoms with Crippen molar-refractivity contribution in [3.63, 3.8) is 0 Å². The zero-order chi connectivity index (χ0) is 14.9. The lowest BCUT2D eigenvalue weighted by molar-refractivity contribution is 0.589. The quantitative estimate of drug-likeness (QED) is 0.929. The van der Waals surface area contributed by atoms with Gasteiger partial charge >= 0.3 is 0 Å². The van der Waals surface area contributed by atoms with Crippen molar-refractivity contribution >= 4 is 23.2 Å². The molecule has 1 aromatic carbocycles. The molecule has 3 nitrogen and oxygen atoms in total. The molecule has 0 saturated heterocycles. The van der Waals surface area contributed by atoms with E-state index in [0.29, 0.717) is 22.5 Å². The Hall–Kier alpha value is -1.03. The van der Waals surface area contributed by atoms with Gasteiger partial charge < -0.3 is 5.73 Å². The van der Waals surface area contributed by atoms with Gasteiger partial charge in [-0.25, -0.2) is 4.68 Å². The molecule has 0 spiro atoms. The highest BCUT2D eigenvalue weighted by Gasteiger charge is 2.15. The van der Waals surface area contributed by atoms with E-state index in [1.165, 1.54) is 5.56 Å². The van der Waals surface area contributed by atoms with Crippen LogP contribution in [0.15, 0.2) is 18.2 Å². The second-order valence-electron chi connectivity index (χ2n) is 5.20. The molecule has 5 heteroatoms. The van der Waals surface area contributed by atoms with E-state index < -0.39 is 0 Å². The molecule has 1 atom stereocenters. The van der Waals surface area contributed by atoms with Gasteiger partial charge in [0, 0.05) is 5.69 Å². The Labute approximate surface area is 129 Å². The van der Waals surface area contributed by atoms with Crippen LogP contribution in [-0.2, 0) is 6.42 Å². The minimum atomic E-state index is 0.443. The molecule has 0 aliphatic carbocycles. The molecule has 0 aliphatic heterocycles. The molecule has 2 aromatic rings. The highest BCUT2D eigenvalue weighted by atomic mass is 35.5. The Bertz CT molecular complexity index is 620. The van der Waals surface area contributed by atoms with Crippen LogP contribution in [0.1, 0.15) is 23.9 Å². The van der Waals surface area contributed by atoms with Gasteiger partial charge in [-0.3, -0.25) is 0 Å². The highest BCUT2D eigenvalue weighted by molar-refractivity contribution is 6.42. The van der Waals surface area contributed by atoms with Crippen LogP contribution in [0.3, 0.4) is 0 Å². The average Bonchev–Trinajstić information content (AvgIpc) is 2.69. The molecule has 0 fully saturated rings. The minimum Gasteiger partial charge on any atom is -0.330 e. The summed E-state index contributed by atoms with van der Waals surface area (Å²) in [6, 6.07) is 5.54. The SMILES string of the molecule is Cc1nn(-c2ccc(Cl)c(Cl)c2)c(C)c1CC(C)CN. The fourth-order valence-electron chi connectivity index (χ4n) is 2.27. The molecule has 0 saturated carbocycles. The van der Waals surface area contributed by atoms with Gasteiger partial charge in [0.15, 0.2) is 0 Å². The molecule has 0 bridgehead atoms. The molecule has 20 heavy (non-hydrogen) atoms. The number of benzene rings is 1. The fraction of sp³-hybridized carbons (Fsp3) is 0.400. The molecule has 2 rings (SSSR count). The van der Waals surface area contributed by atoms with E-state index in [4.69, 9.17) is 28.9 Å². The first-order valence-corrected chi connectivity index (χ1v) is 7.40. The molecule has 0 radical (unpaired) electrons. The van der Waals surface area contributed by atoms with Crippen LogP contribution in [0, 0.1) is 19.8 Å². The van der Waals surface area contributed by atoms with Crippen LogP contribution in [0.4, 0.5) is 0 Å². The second-order valence-corrected chi connectivity index (χ2v) is 6.02. The number of nitrogens with two attached hydrogens (primary N) is 1. The lowest BCUT2D eigenvalue weighted by Crippen LogP contribution is -2.14. The number of aromatic nitrogens is 2. The Morgan fingerprint density at radius 1 is 1.25 bits per heavy atom. The number of rotatable bonds is 4. The second kappa shape index (κ2) is 6.17. The van der Waals surface area contributed by atoms with Crippen LogP contribution >= 0.6 is 23.2 Å². The third-order valence-corrected chi connectivity index (χ3v) is 4.28. The largest absolute Gasteiger partial charge is 0.330 e. The van der Waals surface area contributed by atoms with E-state index in [0.717, 1.165) is 23.5 Å². The molecule has 1 heterocycles. The van der Waals surface area contributed by atoms with Gasteiger partial charge in [-0.15, -0.1) is 0 Å². The third kappa shape index (κ3) is 3.00. The smallest absolute Gasteiger partial charge is 0.0664 e. The van der Waals surface area contributed by atoms with Crippen LogP contribution in [0.25, 0.3) is 5.69 Å². The Kier molecular flexibility index (Phi) is 4.74. The summed E-state index contributed by atoms with van der Waals surface area (Å²) >= 11 is 12.0. The van der Waals surface area contributed by atoms with Crippen LogP contribution < -0.4 is 5.73 Å². The Morgan fingerprint density at radius 3 is 2.55 bits per heavy atom. The fourth-order valence-corrected chi connectivity index (χ4v) is 2.56. The molecule has 0 amide bonds.